The Labute approximate surface area is 144 Å². The molecule has 2 aromatic carbocycles. The Bertz CT molecular complexity index is 833. The molecule has 1 heterocycles. The molecule has 0 unspecified atom stereocenters. The first-order valence-corrected chi connectivity index (χ1v) is 7.79. The topological polar surface area (TPSA) is 67.5 Å². The van der Waals surface area contributed by atoms with Crippen molar-refractivity contribution in [2.24, 2.45) is 0 Å². The largest absolute Gasteiger partial charge is 0.497 e. The highest BCUT2D eigenvalue weighted by Gasteiger charge is 2.08. The molecule has 0 spiro atoms. The summed E-state index contributed by atoms with van der Waals surface area (Å²) in [6, 6.07) is 12.9. The van der Waals surface area contributed by atoms with E-state index in [4.69, 9.17) is 20.8 Å². The molecule has 3 aromatic rings. The molecule has 6 heteroatoms. The SMILES string of the molecule is COc1cccc(-c2cnc(CNc3cc(CO)ccc3Cl)o2)c1. The van der Waals surface area contributed by atoms with E-state index in [2.05, 4.69) is 10.3 Å². The van der Waals surface area contributed by atoms with E-state index in [9.17, 15) is 5.11 Å². The van der Waals surface area contributed by atoms with Crippen LogP contribution < -0.4 is 10.1 Å². The molecule has 0 radical (unpaired) electrons. The van der Waals surface area contributed by atoms with E-state index in [1.54, 1.807) is 31.5 Å². The summed E-state index contributed by atoms with van der Waals surface area (Å²) >= 11 is 6.14. The van der Waals surface area contributed by atoms with Crippen LogP contribution in [-0.4, -0.2) is 17.2 Å². The van der Waals surface area contributed by atoms with Gasteiger partial charge in [0.1, 0.15) is 5.75 Å². The van der Waals surface area contributed by atoms with Crippen LogP contribution in [0, 0.1) is 0 Å². The number of nitrogens with zero attached hydrogens (tertiary/aromatic N) is 1. The molecule has 1 aromatic heterocycles. The number of ether oxygens (including phenoxy) is 1. The van der Waals surface area contributed by atoms with Gasteiger partial charge >= 0.3 is 0 Å². The van der Waals surface area contributed by atoms with Crippen molar-refractivity contribution in [2.45, 2.75) is 13.2 Å². The Balaban J connectivity index is 1.72. The summed E-state index contributed by atoms with van der Waals surface area (Å²) in [6.45, 7) is 0.351. The maximum Gasteiger partial charge on any atom is 0.214 e. The van der Waals surface area contributed by atoms with Gasteiger partial charge in [0.25, 0.3) is 0 Å². The van der Waals surface area contributed by atoms with Gasteiger partial charge in [-0.3, -0.25) is 0 Å². The Morgan fingerprint density at radius 2 is 2.12 bits per heavy atom. The molecular weight excluding hydrogens is 328 g/mol. The van der Waals surface area contributed by atoms with Gasteiger partial charge in [0, 0.05) is 5.56 Å². The Morgan fingerprint density at radius 3 is 2.92 bits per heavy atom. The summed E-state index contributed by atoms with van der Waals surface area (Å²) in [6.07, 6.45) is 1.68. The second-order valence-electron chi connectivity index (χ2n) is 5.18. The van der Waals surface area contributed by atoms with Crippen molar-refractivity contribution in [2.75, 3.05) is 12.4 Å². The van der Waals surface area contributed by atoms with Crippen LogP contribution in [0.25, 0.3) is 11.3 Å². The van der Waals surface area contributed by atoms with E-state index in [0.29, 0.717) is 23.2 Å². The predicted octanol–water partition coefficient (Wildman–Crippen LogP) is 4.11. The molecule has 0 aliphatic carbocycles. The number of aromatic nitrogens is 1. The molecule has 124 valence electrons. The number of halogens is 1. The molecule has 0 saturated heterocycles. The second-order valence-corrected chi connectivity index (χ2v) is 5.58. The first-order valence-electron chi connectivity index (χ1n) is 7.42. The van der Waals surface area contributed by atoms with Crippen molar-refractivity contribution in [3.05, 3.63) is 65.1 Å². The highest BCUT2D eigenvalue weighted by molar-refractivity contribution is 6.33. The zero-order valence-electron chi connectivity index (χ0n) is 13.1. The number of rotatable bonds is 6. The fourth-order valence-corrected chi connectivity index (χ4v) is 2.46. The van der Waals surface area contributed by atoms with Crippen LogP contribution >= 0.6 is 11.6 Å². The smallest absolute Gasteiger partial charge is 0.214 e. The second kappa shape index (κ2) is 7.38. The highest BCUT2D eigenvalue weighted by Crippen LogP contribution is 2.26. The van der Waals surface area contributed by atoms with Crippen molar-refractivity contribution in [1.29, 1.82) is 0 Å². The number of oxazole rings is 1. The summed E-state index contributed by atoms with van der Waals surface area (Å²) in [4.78, 5) is 4.27. The molecule has 0 bridgehead atoms. The monoisotopic (exact) mass is 344 g/mol. The van der Waals surface area contributed by atoms with Crippen molar-refractivity contribution < 1.29 is 14.3 Å². The predicted molar refractivity (Wildman–Crippen MR) is 93.2 cm³/mol. The number of aliphatic hydroxyl groups is 1. The number of hydrogen-bond acceptors (Lipinski definition) is 5. The molecule has 5 nitrogen and oxygen atoms in total. The summed E-state index contributed by atoms with van der Waals surface area (Å²) in [5, 5.41) is 12.9. The zero-order valence-corrected chi connectivity index (χ0v) is 13.9. The van der Waals surface area contributed by atoms with Gasteiger partial charge in [0.15, 0.2) is 5.76 Å². The number of nitrogens with one attached hydrogen (secondary N) is 1. The summed E-state index contributed by atoms with van der Waals surface area (Å²) < 4.78 is 11.0. The normalized spacial score (nSPS) is 10.6. The fraction of sp³-hybridized carbons (Fsp3) is 0.167. The van der Waals surface area contributed by atoms with E-state index >= 15 is 0 Å². The van der Waals surface area contributed by atoms with Crippen molar-refractivity contribution in [3.8, 4) is 17.1 Å². The van der Waals surface area contributed by atoms with Crippen LogP contribution in [0.4, 0.5) is 5.69 Å². The van der Waals surface area contributed by atoms with E-state index in [1.165, 1.54) is 0 Å². The highest BCUT2D eigenvalue weighted by atomic mass is 35.5. The van der Waals surface area contributed by atoms with Crippen molar-refractivity contribution in [3.63, 3.8) is 0 Å². The van der Waals surface area contributed by atoms with Gasteiger partial charge in [-0.05, 0) is 29.8 Å². The summed E-state index contributed by atoms with van der Waals surface area (Å²) in [7, 11) is 1.62. The van der Waals surface area contributed by atoms with Crippen LogP contribution in [0.5, 0.6) is 5.75 Å². The van der Waals surface area contributed by atoms with Gasteiger partial charge in [-0.1, -0.05) is 29.8 Å². The number of aliphatic hydroxyl groups excluding tert-OH is 1. The Hall–Kier alpha value is -2.50. The Kier molecular flexibility index (Phi) is 5.03. The van der Waals surface area contributed by atoms with Gasteiger partial charge in [0.2, 0.25) is 5.89 Å². The summed E-state index contributed by atoms with van der Waals surface area (Å²) in [5.74, 6) is 1.97. The molecule has 3 rings (SSSR count). The lowest BCUT2D eigenvalue weighted by Gasteiger charge is -2.08. The summed E-state index contributed by atoms with van der Waals surface area (Å²) in [5.41, 5.74) is 2.41. The molecule has 0 fully saturated rings. The molecule has 24 heavy (non-hydrogen) atoms. The maximum atomic E-state index is 9.20. The molecule has 0 saturated carbocycles. The average molecular weight is 345 g/mol. The third-order valence-corrected chi connectivity index (χ3v) is 3.88. The van der Waals surface area contributed by atoms with Crippen LogP contribution in [0.15, 0.2) is 53.1 Å². The molecule has 0 atom stereocenters. The lowest BCUT2D eigenvalue weighted by molar-refractivity contribution is 0.282. The standard InChI is InChI=1S/C18H17ClN2O3/c1-23-14-4-2-3-13(8-14)17-9-21-18(24-17)10-20-16-7-12(11-22)5-6-15(16)19/h2-9,20,22H,10-11H2,1H3. The minimum Gasteiger partial charge on any atom is -0.497 e. The molecule has 0 aliphatic heterocycles. The van der Waals surface area contributed by atoms with E-state index in [0.717, 1.165) is 22.6 Å². The van der Waals surface area contributed by atoms with Crippen molar-refractivity contribution in [1.82, 2.24) is 4.98 Å². The molecule has 0 amide bonds. The minimum absolute atomic E-state index is 0.0369. The van der Waals surface area contributed by atoms with Gasteiger partial charge in [-0.15, -0.1) is 0 Å². The van der Waals surface area contributed by atoms with Gasteiger partial charge in [0.05, 0.1) is 37.2 Å². The maximum absolute atomic E-state index is 9.20. The lowest BCUT2D eigenvalue weighted by atomic mass is 10.2. The van der Waals surface area contributed by atoms with Gasteiger partial charge in [-0.2, -0.15) is 0 Å². The minimum atomic E-state index is -0.0369. The first kappa shape index (κ1) is 16.4. The van der Waals surface area contributed by atoms with E-state index < -0.39 is 0 Å². The van der Waals surface area contributed by atoms with Crippen LogP contribution in [0.2, 0.25) is 5.02 Å². The van der Waals surface area contributed by atoms with Gasteiger partial charge < -0.3 is 19.6 Å². The third kappa shape index (κ3) is 3.69. The molecular formula is C18H17ClN2O3. The fourth-order valence-electron chi connectivity index (χ4n) is 2.28. The molecule has 0 aliphatic rings. The van der Waals surface area contributed by atoms with E-state index in [-0.39, 0.29) is 6.61 Å². The first-order chi connectivity index (χ1) is 11.7. The quantitative estimate of drug-likeness (QED) is 0.704. The van der Waals surface area contributed by atoms with Crippen LogP contribution in [-0.2, 0) is 13.2 Å². The Morgan fingerprint density at radius 1 is 1.25 bits per heavy atom. The average Bonchev–Trinajstić information content (AvgIpc) is 3.10. The van der Waals surface area contributed by atoms with Crippen LogP contribution in [0.3, 0.4) is 0 Å². The zero-order chi connectivity index (χ0) is 16.9. The van der Waals surface area contributed by atoms with Crippen LogP contribution in [0.1, 0.15) is 11.5 Å². The molecule has 2 N–H and O–H groups in total. The van der Waals surface area contributed by atoms with E-state index in [1.807, 2.05) is 24.3 Å². The number of benzene rings is 2. The number of anilines is 1. The third-order valence-electron chi connectivity index (χ3n) is 3.55. The van der Waals surface area contributed by atoms with Crippen molar-refractivity contribution >= 4 is 17.3 Å². The lowest BCUT2D eigenvalue weighted by Crippen LogP contribution is -2.01. The number of methoxy groups -OCH3 is 1. The van der Waals surface area contributed by atoms with Gasteiger partial charge in [-0.25, -0.2) is 4.98 Å². The number of hydrogen-bond donors (Lipinski definition) is 2.